The zero-order chi connectivity index (χ0) is 44.7. The second-order valence-corrected chi connectivity index (χ2v) is 18.4. The first-order valence-electron chi connectivity index (χ1n) is 23.7. The van der Waals surface area contributed by atoms with Gasteiger partial charge in [0, 0.05) is 47.0 Å². The fraction of sp³-hybridized carbons (Fsp3) is 0.0303. The summed E-state index contributed by atoms with van der Waals surface area (Å²) in [5.41, 5.74) is 19.9. The SMILES string of the molecule is c1ccc2c(c1)Cc1ccccc1N2c1ccc2c(-c3ccc4ccccc4c3)c3cc(N4c5ccccc5Cc5ccccc54)ccc3c(-c3ccc(-c4cccc5ccccc45)cc3)c2c1. The third kappa shape index (κ3) is 6.11. The predicted molar refractivity (Wildman–Crippen MR) is 288 cm³/mol. The van der Waals surface area contributed by atoms with E-state index >= 15 is 0 Å². The smallest absolute Gasteiger partial charge is 0.0497 e. The second kappa shape index (κ2) is 15.4. The van der Waals surface area contributed by atoms with Crippen LogP contribution in [0.5, 0.6) is 0 Å². The van der Waals surface area contributed by atoms with Crippen LogP contribution in [0.2, 0.25) is 0 Å². The molecule has 0 amide bonds. The molecular weight excluding hydrogens is 821 g/mol. The van der Waals surface area contributed by atoms with Crippen LogP contribution in [0.3, 0.4) is 0 Å². The highest BCUT2D eigenvalue weighted by Crippen LogP contribution is 2.51. The Morgan fingerprint density at radius 2 is 0.676 bits per heavy atom. The molecule has 12 aromatic carbocycles. The van der Waals surface area contributed by atoms with Crippen molar-refractivity contribution in [1.29, 1.82) is 0 Å². The van der Waals surface area contributed by atoms with Crippen LogP contribution in [0.25, 0.3) is 76.5 Å². The van der Waals surface area contributed by atoms with E-state index in [0.29, 0.717) is 0 Å². The molecule has 0 atom stereocenters. The lowest BCUT2D eigenvalue weighted by molar-refractivity contribution is 1.09. The van der Waals surface area contributed by atoms with Gasteiger partial charge < -0.3 is 9.80 Å². The summed E-state index contributed by atoms with van der Waals surface area (Å²) < 4.78 is 0. The molecule has 2 nitrogen and oxygen atoms in total. The Morgan fingerprint density at radius 3 is 1.24 bits per heavy atom. The van der Waals surface area contributed by atoms with Crippen LogP contribution < -0.4 is 9.80 Å². The van der Waals surface area contributed by atoms with E-state index < -0.39 is 0 Å². The molecule has 0 fully saturated rings. The predicted octanol–water partition coefficient (Wildman–Crippen LogP) is 18.0. The maximum Gasteiger partial charge on any atom is 0.0497 e. The van der Waals surface area contributed by atoms with E-state index in [9.17, 15) is 0 Å². The highest BCUT2D eigenvalue weighted by molar-refractivity contribution is 6.23. The molecule has 0 saturated heterocycles. The minimum Gasteiger partial charge on any atom is -0.310 e. The van der Waals surface area contributed by atoms with Crippen LogP contribution in [0, 0.1) is 0 Å². The lowest BCUT2D eigenvalue weighted by Gasteiger charge is -2.34. The molecule has 318 valence electrons. The first-order chi connectivity index (χ1) is 33.7. The molecular formula is C66H44N2. The van der Waals surface area contributed by atoms with Gasteiger partial charge in [0.25, 0.3) is 0 Å². The fourth-order valence-electron chi connectivity index (χ4n) is 11.5. The monoisotopic (exact) mass is 864 g/mol. The molecule has 12 aromatic rings. The van der Waals surface area contributed by atoms with Gasteiger partial charge in [0.05, 0.1) is 0 Å². The molecule has 2 heteroatoms. The van der Waals surface area contributed by atoms with Gasteiger partial charge in [-0.2, -0.15) is 0 Å². The zero-order valence-corrected chi connectivity index (χ0v) is 37.4. The van der Waals surface area contributed by atoms with Gasteiger partial charge in [0.2, 0.25) is 0 Å². The molecule has 0 aromatic heterocycles. The fourth-order valence-corrected chi connectivity index (χ4v) is 11.5. The Kier molecular flexibility index (Phi) is 8.75. The molecule has 0 bridgehead atoms. The molecule has 2 aliphatic rings. The first kappa shape index (κ1) is 38.5. The van der Waals surface area contributed by atoms with E-state index in [1.165, 1.54) is 121 Å². The van der Waals surface area contributed by atoms with Crippen molar-refractivity contribution in [3.8, 4) is 33.4 Å². The van der Waals surface area contributed by atoms with Crippen molar-refractivity contribution in [3.05, 3.63) is 265 Å². The number of benzene rings is 12. The topological polar surface area (TPSA) is 6.48 Å². The van der Waals surface area contributed by atoms with Crippen LogP contribution in [0.4, 0.5) is 34.1 Å². The lowest BCUT2D eigenvalue weighted by Crippen LogP contribution is -2.18. The van der Waals surface area contributed by atoms with Gasteiger partial charge in [-0.25, -0.2) is 0 Å². The number of hydrogen-bond donors (Lipinski definition) is 0. The minimum atomic E-state index is 0.912. The van der Waals surface area contributed by atoms with Gasteiger partial charge >= 0.3 is 0 Å². The second-order valence-electron chi connectivity index (χ2n) is 18.4. The quantitative estimate of drug-likeness (QED) is 0.159. The van der Waals surface area contributed by atoms with Crippen LogP contribution in [-0.2, 0) is 12.8 Å². The summed E-state index contributed by atoms with van der Waals surface area (Å²) in [4.78, 5) is 4.96. The summed E-state index contributed by atoms with van der Waals surface area (Å²) in [6.45, 7) is 0. The van der Waals surface area contributed by atoms with Crippen molar-refractivity contribution in [2.24, 2.45) is 0 Å². The molecule has 0 radical (unpaired) electrons. The van der Waals surface area contributed by atoms with Gasteiger partial charge in [0.15, 0.2) is 0 Å². The maximum absolute atomic E-state index is 2.48. The largest absolute Gasteiger partial charge is 0.310 e. The number of fused-ring (bicyclic) bond motifs is 8. The standard InChI is InChI=1S/C66H44N2/c1-2-16-47-38-52(33-28-43(47)14-1)66-58-37-35-53(67-61-24-9-4-17-48(61)39-49-18-5-10-25-62(49)67)41-59(58)65(46-31-29-45(30-32-46)56-23-13-21-44-15-3-8-22-55(44)56)57-36-34-54(42-60(57)66)68-63-26-11-6-19-50(63)40-51-20-7-12-27-64(51)68/h1-38,41-42H,39-40H2. The van der Waals surface area contributed by atoms with Crippen molar-refractivity contribution in [1.82, 2.24) is 0 Å². The molecule has 68 heavy (non-hydrogen) atoms. The number of nitrogens with zero attached hydrogens (tertiary/aromatic N) is 2. The van der Waals surface area contributed by atoms with Gasteiger partial charge in [-0.15, -0.1) is 0 Å². The molecule has 0 aliphatic carbocycles. The average Bonchev–Trinajstić information content (AvgIpc) is 3.40. The molecule has 2 heterocycles. The lowest BCUT2D eigenvalue weighted by atomic mass is 9.84. The molecule has 0 spiro atoms. The first-order valence-corrected chi connectivity index (χ1v) is 23.7. The summed E-state index contributed by atoms with van der Waals surface area (Å²) in [6, 6.07) is 90.5. The van der Waals surface area contributed by atoms with Crippen LogP contribution in [0.15, 0.2) is 243 Å². The van der Waals surface area contributed by atoms with E-state index in [2.05, 4.69) is 252 Å². The zero-order valence-electron chi connectivity index (χ0n) is 37.4. The van der Waals surface area contributed by atoms with Crippen molar-refractivity contribution < 1.29 is 0 Å². The molecule has 14 rings (SSSR count). The van der Waals surface area contributed by atoms with Crippen molar-refractivity contribution >= 4 is 77.2 Å². The summed E-state index contributed by atoms with van der Waals surface area (Å²) >= 11 is 0. The Labute approximate surface area is 396 Å². The number of hydrogen-bond acceptors (Lipinski definition) is 2. The van der Waals surface area contributed by atoms with Crippen molar-refractivity contribution in [3.63, 3.8) is 0 Å². The van der Waals surface area contributed by atoms with E-state index in [1.807, 2.05) is 0 Å². The van der Waals surface area contributed by atoms with Gasteiger partial charge in [-0.1, -0.05) is 188 Å². The Balaban J connectivity index is 1.07. The highest BCUT2D eigenvalue weighted by Gasteiger charge is 2.28. The molecule has 0 N–H and O–H groups in total. The summed E-state index contributed by atoms with van der Waals surface area (Å²) in [5.74, 6) is 0. The van der Waals surface area contributed by atoms with Crippen molar-refractivity contribution in [2.75, 3.05) is 9.80 Å². The summed E-state index contributed by atoms with van der Waals surface area (Å²) in [5, 5.41) is 9.86. The minimum absolute atomic E-state index is 0.912. The third-order valence-corrected chi connectivity index (χ3v) is 14.6. The third-order valence-electron chi connectivity index (χ3n) is 14.6. The molecule has 2 aliphatic heterocycles. The summed E-state index contributed by atoms with van der Waals surface area (Å²) in [6.07, 6.45) is 1.83. The molecule has 0 unspecified atom stereocenters. The highest BCUT2D eigenvalue weighted by atomic mass is 15.2. The van der Waals surface area contributed by atoms with Crippen LogP contribution >= 0.6 is 0 Å². The maximum atomic E-state index is 2.48. The Morgan fingerprint density at radius 1 is 0.250 bits per heavy atom. The number of anilines is 6. The van der Waals surface area contributed by atoms with Gasteiger partial charge in [-0.3, -0.25) is 0 Å². The van der Waals surface area contributed by atoms with Crippen LogP contribution in [-0.4, -0.2) is 0 Å². The summed E-state index contributed by atoms with van der Waals surface area (Å²) in [7, 11) is 0. The number of para-hydroxylation sites is 4. The van der Waals surface area contributed by atoms with Crippen LogP contribution in [0.1, 0.15) is 22.3 Å². The van der Waals surface area contributed by atoms with E-state index in [0.717, 1.165) is 24.2 Å². The molecule has 0 saturated carbocycles. The normalized spacial score (nSPS) is 12.8. The van der Waals surface area contributed by atoms with E-state index in [-0.39, 0.29) is 0 Å². The van der Waals surface area contributed by atoms with E-state index in [4.69, 9.17) is 0 Å². The average molecular weight is 865 g/mol. The Bertz CT molecular complexity index is 3900. The van der Waals surface area contributed by atoms with Gasteiger partial charge in [0.1, 0.15) is 0 Å². The van der Waals surface area contributed by atoms with E-state index in [1.54, 1.807) is 0 Å². The van der Waals surface area contributed by atoms with Gasteiger partial charge in [-0.05, 0) is 153 Å². The van der Waals surface area contributed by atoms with Crippen molar-refractivity contribution in [2.45, 2.75) is 12.8 Å². The Hall–Kier alpha value is -8.72. The number of rotatable bonds is 5.